The molecule has 3 rings (SSSR count). The average Bonchev–Trinajstić information content (AvgIpc) is 3.02. The number of amides is 2. The summed E-state index contributed by atoms with van der Waals surface area (Å²) in [6, 6.07) is 12.1. The molecule has 0 heterocycles. The van der Waals surface area contributed by atoms with Gasteiger partial charge in [0.15, 0.2) is 0 Å². The molecule has 0 bridgehead atoms. The van der Waals surface area contributed by atoms with Gasteiger partial charge in [-0.3, -0.25) is 4.79 Å². The van der Waals surface area contributed by atoms with Crippen molar-refractivity contribution in [2.75, 3.05) is 31.6 Å². The number of hydrogen-bond acceptors (Lipinski definition) is 8. The molecule has 244 valence electrons. The quantitative estimate of drug-likeness (QED) is 0.106. The number of aliphatic hydroxyl groups is 2. The van der Waals surface area contributed by atoms with Crippen LogP contribution >= 0.6 is 0 Å². The molecule has 1 aliphatic carbocycles. The number of hydrogen-bond donors (Lipinski definition) is 5. The molecule has 5 N–H and O–H groups in total. The molecule has 0 unspecified atom stereocenters. The van der Waals surface area contributed by atoms with Gasteiger partial charge in [-0.25, -0.2) is 4.79 Å². The zero-order chi connectivity index (χ0) is 31.6. The Hall–Kier alpha value is -3.18. The first-order chi connectivity index (χ1) is 21.4. The largest absolute Gasteiger partial charge is 0.508 e. The number of aryl methyl sites for hydroxylation is 1. The highest BCUT2D eigenvalue weighted by Gasteiger charge is 2.28. The van der Waals surface area contributed by atoms with Crippen molar-refractivity contribution >= 4 is 17.7 Å². The third kappa shape index (κ3) is 12.8. The summed E-state index contributed by atoms with van der Waals surface area (Å²) in [5, 5.41) is 36.6. The number of nitrogens with zero attached hydrogens (tertiary/aromatic N) is 1. The number of carbonyl (C=O) groups is 2. The van der Waals surface area contributed by atoms with Gasteiger partial charge >= 0.3 is 12.0 Å². The minimum atomic E-state index is -0.685. The molecule has 0 saturated heterocycles. The second-order valence-electron chi connectivity index (χ2n) is 11.6. The van der Waals surface area contributed by atoms with E-state index in [9.17, 15) is 24.9 Å². The number of unbranched alkanes of at least 4 members (excludes halogenated alkanes) is 4. The van der Waals surface area contributed by atoms with Crippen molar-refractivity contribution in [1.82, 2.24) is 10.4 Å². The third-order valence-electron chi connectivity index (χ3n) is 7.90. The first kappa shape index (κ1) is 35.3. The van der Waals surface area contributed by atoms with E-state index in [1.54, 1.807) is 12.1 Å². The highest BCUT2D eigenvalue weighted by molar-refractivity contribution is 5.89. The summed E-state index contributed by atoms with van der Waals surface area (Å²) >= 11 is 0. The van der Waals surface area contributed by atoms with Crippen LogP contribution in [-0.4, -0.2) is 64.7 Å². The lowest BCUT2D eigenvalue weighted by Crippen LogP contribution is -2.44. The highest BCUT2D eigenvalue weighted by atomic mass is 16.7. The summed E-state index contributed by atoms with van der Waals surface area (Å²) in [7, 11) is 0. The fourth-order valence-corrected chi connectivity index (χ4v) is 5.46. The molecule has 0 aromatic heterocycles. The van der Waals surface area contributed by atoms with Gasteiger partial charge in [0.2, 0.25) is 0 Å². The highest BCUT2D eigenvalue weighted by Crippen LogP contribution is 2.25. The molecule has 1 aliphatic rings. The number of carbonyl (C=O) groups excluding carboxylic acids is 2. The Morgan fingerprint density at radius 3 is 2.48 bits per heavy atom. The van der Waals surface area contributed by atoms with E-state index in [1.807, 2.05) is 18.2 Å². The molecule has 1 saturated carbocycles. The smallest absolute Gasteiger partial charge is 0.355 e. The van der Waals surface area contributed by atoms with Gasteiger partial charge in [0.25, 0.3) is 0 Å². The van der Waals surface area contributed by atoms with Gasteiger partial charge in [0, 0.05) is 37.9 Å². The van der Waals surface area contributed by atoms with E-state index < -0.39 is 18.1 Å². The molecule has 0 aliphatic heterocycles. The molecule has 0 radical (unpaired) electrons. The van der Waals surface area contributed by atoms with Crippen molar-refractivity contribution in [1.29, 1.82) is 0 Å². The van der Waals surface area contributed by atoms with E-state index in [0.29, 0.717) is 23.4 Å². The predicted molar refractivity (Wildman–Crippen MR) is 170 cm³/mol. The van der Waals surface area contributed by atoms with E-state index in [4.69, 9.17) is 9.57 Å². The molecular formula is C34H51N3O7. The van der Waals surface area contributed by atoms with Crippen LogP contribution in [0.3, 0.4) is 0 Å². The number of ether oxygens (including phenoxy) is 1. The standard InChI is InChI=1S/C34H51N3O7/c1-26(39)44-37(31-15-5-4-6-16-31)34(42)36-30-14-11-13-27(22-30)12-7-10-21-43-20-9-3-2-8-19-35-24-33(41)28-17-18-32(40)29(23-28)25-38/h11,13-14,17-18,22-23,31,33,35,38,40-41H,2-10,12,15-16,19-21,24-25H2,1H3,(H,36,42)/t33-/m1/s1. The molecule has 2 aromatic rings. The fourth-order valence-electron chi connectivity index (χ4n) is 5.46. The predicted octanol–water partition coefficient (Wildman–Crippen LogP) is 5.75. The molecule has 10 heteroatoms. The lowest BCUT2D eigenvalue weighted by Gasteiger charge is -2.31. The zero-order valence-corrected chi connectivity index (χ0v) is 26.1. The molecular weight excluding hydrogens is 562 g/mol. The number of urea groups is 1. The fraction of sp³-hybridized carbons (Fsp3) is 0.588. The molecule has 2 amide bonds. The van der Waals surface area contributed by atoms with Crippen molar-refractivity contribution in [3.8, 4) is 5.75 Å². The second kappa shape index (κ2) is 20.0. The average molecular weight is 614 g/mol. The van der Waals surface area contributed by atoms with Crippen LogP contribution in [-0.2, 0) is 27.4 Å². The second-order valence-corrected chi connectivity index (χ2v) is 11.6. The van der Waals surface area contributed by atoms with Crippen LogP contribution in [0.25, 0.3) is 0 Å². The first-order valence-electron chi connectivity index (χ1n) is 16.1. The number of aromatic hydroxyl groups is 1. The Morgan fingerprint density at radius 2 is 1.73 bits per heavy atom. The molecule has 2 aromatic carbocycles. The van der Waals surface area contributed by atoms with Crippen molar-refractivity contribution < 1.29 is 34.5 Å². The molecule has 10 nitrogen and oxygen atoms in total. The van der Waals surface area contributed by atoms with Gasteiger partial charge in [-0.2, -0.15) is 5.06 Å². The van der Waals surface area contributed by atoms with Crippen LogP contribution in [0.15, 0.2) is 42.5 Å². The normalized spacial score (nSPS) is 14.2. The van der Waals surface area contributed by atoms with Crippen LogP contribution in [0.2, 0.25) is 0 Å². The van der Waals surface area contributed by atoms with Crippen LogP contribution in [0.1, 0.15) is 100 Å². The van der Waals surface area contributed by atoms with Crippen molar-refractivity contribution in [2.24, 2.45) is 0 Å². The van der Waals surface area contributed by atoms with Crippen molar-refractivity contribution in [3.63, 3.8) is 0 Å². The maximum Gasteiger partial charge on any atom is 0.355 e. The van der Waals surface area contributed by atoms with E-state index in [-0.39, 0.29) is 18.4 Å². The number of phenols is 1. The zero-order valence-electron chi connectivity index (χ0n) is 26.1. The Morgan fingerprint density at radius 1 is 0.977 bits per heavy atom. The van der Waals surface area contributed by atoms with Gasteiger partial charge in [-0.1, -0.05) is 50.3 Å². The summed E-state index contributed by atoms with van der Waals surface area (Å²) in [4.78, 5) is 29.8. The Bertz CT molecular complexity index is 1140. The Kier molecular flexibility index (Phi) is 16.0. The lowest BCUT2D eigenvalue weighted by molar-refractivity contribution is -0.182. The third-order valence-corrected chi connectivity index (χ3v) is 7.90. The summed E-state index contributed by atoms with van der Waals surface area (Å²) in [6.45, 7) is 3.78. The summed E-state index contributed by atoms with van der Waals surface area (Å²) < 4.78 is 5.81. The van der Waals surface area contributed by atoms with Crippen LogP contribution in [0.5, 0.6) is 5.75 Å². The summed E-state index contributed by atoms with van der Waals surface area (Å²) in [5.74, 6) is -0.458. The molecule has 44 heavy (non-hydrogen) atoms. The van der Waals surface area contributed by atoms with E-state index in [1.165, 1.54) is 18.1 Å². The number of hydroxylamine groups is 2. The van der Waals surface area contributed by atoms with Crippen molar-refractivity contribution in [3.05, 3.63) is 59.2 Å². The van der Waals surface area contributed by atoms with Crippen LogP contribution in [0, 0.1) is 0 Å². The van der Waals surface area contributed by atoms with E-state index in [2.05, 4.69) is 16.7 Å². The number of anilines is 1. The molecule has 1 fully saturated rings. The Balaban J connectivity index is 1.21. The SMILES string of the molecule is CC(=O)ON(C(=O)Nc1cccc(CCCCOCCCCCCNC[C@@H](O)c2ccc(O)c(CO)c2)c1)C1CCCCC1. The number of aliphatic hydroxyl groups excluding tert-OH is 2. The molecule has 1 atom stereocenters. The maximum atomic E-state index is 12.9. The first-order valence-corrected chi connectivity index (χ1v) is 16.1. The molecule has 0 spiro atoms. The topological polar surface area (TPSA) is 141 Å². The van der Waals surface area contributed by atoms with Crippen LogP contribution in [0.4, 0.5) is 10.5 Å². The van der Waals surface area contributed by atoms with Gasteiger partial charge < -0.3 is 35.5 Å². The van der Waals surface area contributed by atoms with Gasteiger partial charge in [-0.15, -0.1) is 0 Å². The lowest BCUT2D eigenvalue weighted by atomic mass is 9.95. The summed E-state index contributed by atoms with van der Waals surface area (Å²) in [5.41, 5.74) is 2.92. The van der Waals surface area contributed by atoms with Gasteiger partial charge in [0.05, 0.1) is 18.8 Å². The minimum Gasteiger partial charge on any atom is -0.508 e. The number of benzene rings is 2. The maximum absolute atomic E-state index is 12.9. The minimum absolute atomic E-state index is 0.0335. The number of nitrogens with one attached hydrogen (secondary N) is 2. The van der Waals surface area contributed by atoms with Gasteiger partial charge in [-0.05, 0) is 86.9 Å². The van der Waals surface area contributed by atoms with E-state index >= 15 is 0 Å². The number of rotatable bonds is 18. The van der Waals surface area contributed by atoms with Crippen LogP contribution < -0.4 is 10.6 Å². The Labute approximate surface area is 261 Å². The van der Waals surface area contributed by atoms with Gasteiger partial charge in [0.1, 0.15) is 5.75 Å². The summed E-state index contributed by atoms with van der Waals surface area (Å²) in [6.07, 6.45) is 11.3. The van der Waals surface area contributed by atoms with Crippen molar-refractivity contribution in [2.45, 2.75) is 103 Å². The monoisotopic (exact) mass is 613 g/mol. The van der Waals surface area contributed by atoms with E-state index in [0.717, 1.165) is 102 Å².